The average molecular weight is 384 g/mol. The summed E-state index contributed by atoms with van der Waals surface area (Å²) in [7, 11) is 0. The fourth-order valence-corrected chi connectivity index (χ4v) is 3.56. The number of aliphatic hydroxyl groups is 1. The predicted molar refractivity (Wildman–Crippen MR) is 104 cm³/mol. The first-order valence-corrected chi connectivity index (χ1v) is 9.08. The van der Waals surface area contributed by atoms with Gasteiger partial charge >= 0.3 is 0 Å². The Morgan fingerprint density at radius 2 is 2.07 bits per heavy atom. The Balaban J connectivity index is 1.70. The fraction of sp³-hybridized carbons (Fsp3) is 0.200. The first-order chi connectivity index (χ1) is 13.1. The Morgan fingerprint density at radius 3 is 2.89 bits per heavy atom. The number of rotatable bonds is 5. The smallest absolute Gasteiger partial charge is 0.252 e. The molecule has 138 valence electrons. The quantitative estimate of drug-likeness (QED) is 0.510. The molecule has 6 nitrogen and oxygen atoms in total. The number of aliphatic hydroxyl groups excluding tert-OH is 1. The van der Waals surface area contributed by atoms with Gasteiger partial charge in [0.2, 0.25) is 0 Å². The van der Waals surface area contributed by atoms with E-state index < -0.39 is 0 Å². The Kier molecular flexibility index (Phi) is 4.59. The molecule has 2 aromatic carbocycles. The van der Waals surface area contributed by atoms with Crippen LogP contribution in [0.2, 0.25) is 5.02 Å². The summed E-state index contributed by atoms with van der Waals surface area (Å²) in [6.45, 7) is 0.899. The van der Waals surface area contributed by atoms with Gasteiger partial charge in [-0.05, 0) is 36.8 Å². The number of H-pyrrole nitrogens is 1. The van der Waals surface area contributed by atoms with Crippen molar-refractivity contribution in [2.45, 2.75) is 13.0 Å². The van der Waals surface area contributed by atoms with Crippen LogP contribution in [0.5, 0.6) is 0 Å². The minimum absolute atomic E-state index is 0.0411. The van der Waals surface area contributed by atoms with Gasteiger partial charge in [0.15, 0.2) is 0 Å². The number of hydrogen-bond acceptors (Lipinski definition) is 3. The second-order valence-corrected chi connectivity index (χ2v) is 6.86. The molecule has 1 aliphatic heterocycles. The van der Waals surface area contributed by atoms with Crippen molar-refractivity contribution in [2.75, 3.05) is 13.2 Å². The van der Waals surface area contributed by atoms with E-state index in [4.69, 9.17) is 16.7 Å². The normalized spacial score (nSPS) is 12.9. The summed E-state index contributed by atoms with van der Waals surface area (Å²) in [5.41, 5.74) is 4.41. The first-order valence-electron chi connectivity index (χ1n) is 8.70. The van der Waals surface area contributed by atoms with Crippen molar-refractivity contribution >= 4 is 34.3 Å². The molecule has 0 fully saturated rings. The summed E-state index contributed by atoms with van der Waals surface area (Å²) in [6, 6.07) is 10.9. The second-order valence-electron chi connectivity index (χ2n) is 6.45. The highest BCUT2D eigenvalue weighted by molar-refractivity contribution is 6.32. The van der Waals surface area contributed by atoms with E-state index in [2.05, 4.69) is 15.6 Å². The largest absolute Gasteiger partial charge is 0.396 e. The molecule has 2 amide bonds. The third-order valence-corrected chi connectivity index (χ3v) is 5.06. The van der Waals surface area contributed by atoms with Crippen molar-refractivity contribution < 1.29 is 14.7 Å². The third-order valence-electron chi connectivity index (χ3n) is 4.70. The molecule has 27 heavy (non-hydrogen) atoms. The third kappa shape index (κ3) is 3.18. The molecule has 0 spiro atoms. The minimum atomic E-state index is -0.181. The lowest BCUT2D eigenvalue weighted by atomic mass is 10.0. The maximum Gasteiger partial charge on any atom is 0.252 e. The Labute approximate surface area is 160 Å². The van der Waals surface area contributed by atoms with Crippen LogP contribution in [0.4, 0.5) is 0 Å². The van der Waals surface area contributed by atoms with Gasteiger partial charge in [0.1, 0.15) is 0 Å². The van der Waals surface area contributed by atoms with Gasteiger partial charge in [-0.3, -0.25) is 9.59 Å². The van der Waals surface area contributed by atoms with Gasteiger partial charge in [-0.25, -0.2) is 0 Å². The molecule has 7 heteroatoms. The summed E-state index contributed by atoms with van der Waals surface area (Å²) in [6.07, 6.45) is 0.520. The lowest BCUT2D eigenvalue weighted by Crippen LogP contribution is -2.24. The van der Waals surface area contributed by atoms with Crippen LogP contribution in [-0.4, -0.2) is 35.1 Å². The molecule has 0 radical (unpaired) electrons. The molecule has 4 rings (SSSR count). The van der Waals surface area contributed by atoms with Crippen molar-refractivity contribution in [2.24, 2.45) is 0 Å². The highest BCUT2D eigenvalue weighted by atomic mass is 35.5. The van der Waals surface area contributed by atoms with E-state index >= 15 is 0 Å². The highest BCUT2D eigenvalue weighted by Gasteiger charge is 2.26. The molecule has 0 saturated heterocycles. The van der Waals surface area contributed by atoms with E-state index in [1.807, 2.05) is 18.2 Å². The van der Waals surface area contributed by atoms with Gasteiger partial charge in [-0.2, -0.15) is 0 Å². The lowest BCUT2D eigenvalue weighted by Gasteiger charge is -2.06. The van der Waals surface area contributed by atoms with Crippen molar-refractivity contribution in [1.82, 2.24) is 15.6 Å². The minimum Gasteiger partial charge on any atom is -0.396 e. The van der Waals surface area contributed by atoms with Gasteiger partial charge < -0.3 is 20.7 Å². The SMILES string of the molecule is O=C(NCCCO)c1ccc2[nH]c(-c3ccc(Cl)c4c3C(=O)NC4)cc2c1. The zero-order valence-corrected chi connectivity index (χ0v) is 15.2. The molecule has 3 aromatic rings. The number of halogens is 1. The molecule has 1 aromatic heterocycles. The van der Waals surface area contributed by atoms with Crippen LogP contribution in [-0.2, 0) is 6.54 Å². The van der Waals surface area contributed by atoms with Crippen LogP contribution < -0.4 is 10.6 Å². The number of carbonyl (C=O) groups excluding carboxylic acids is 2. The van der Waals surface area contributed by atoms with Crippen LogP contribution in [0.3, 0.4) is 0 Å². The van der Waals surface area contributed by atoms with Crippen molar-refractivity contribution in [1.29, 1.82) is 0 Å². The highest BCUT2D eigenvalue weighted by Crippen LogP contribution is 2.34. The number of nitrogens with one attached hydrogen (secondary N) is 3. The van der Waals surface area contributed by atoms with Gasteiger partial charge in [0.25, 0.3) is 11.8 Å². The Hall–Kier alpha value is -2.83. The number of amides is 2. The molecule has 4 N–H and O–H groups in total. The number of aromatic nitrogens is 1. The molecule has 0 unspecified atom stereocenters. The average Bonchev–Trinajstić information content (AvgIpc) is 3.26. The number of aromatic amines is 1. The molecular weight excluding hydrogens is 366 g/mol. The van der Waals surface area contributed by atoms with Gasteiger partial charge in [-0.15, -0.1) is 0 Å². The van der Waals surface area contributed by atoms with E-state index in [0.29, 0.717) is 35.7 Å². The van der Waals surface area contributed by atoms with Crippen LogP contribution in [0.1, 0.15) is 32.7 Å². The molecule has 0 atom stereocenters. The molecule has 0 bridgehead atoms. The van der Waals surface area contributed by atoms with Gasteiger partial charge in [0, 0.05) is 58.0 Å². The lowest BCUT2D eigenvalue weighted by molar-refractivity contribution is 0.0947. The van der Waals surface area contributed by atoms with Crippen LogP contribution in [0.15, 0.2) is 36.4 Å². The topological polar surface area (TPSA) is 94.2 Å². The number of hydrogen-bond donors (Lipinski definition) is 4. The first kappa shape index (κ1) is 17.6. The maximum atomic E-state index is 12.2. The molecule has 0 aliphatic carbocycles. The summed E-state index contributed by atoms with van der Waals surface area (Å²) in [4.78, 5) is 27.8. The predicted octanol–water partition coefficient (Wildman–Crippen LogP) is 2.84. The Morgan fingerprint density at radius 1 is 1.22 bits per heavy atom. The zero-order chi connectivity index (χ0) is 19.0. The molecule has 1 aliphatic rings. The number of fused-ring (bicyclic) bond motifs is 2. The van der Waals surface area contributed by atoms with Crippen molar-refractivity contribution in [3.8, 4) is 11.3 Å². The van der Waals surface area contributed by atoms with E-state index in [9.17, 15) is 9.59 Å². The molecule has 2 heterocycles. The number of carbonyl (C=O) groups is 2. The van der Waals surface area contributed by atoms with Crippen LogP contribution in [0, 0.1) is 0 Å². The van der Waals surface area contributed by atoms with Crippen LogP contribution in [0.25, 0.3) is 22.2 Å². The zero-order valence-electron chi connectivity index (χ0n) is 14.4. The van der Waals surface area contributed by atoms with Crippen LogP contribution >= 0.6 is 11.6 Å². The standard InChI is InChI=1S/C20H18ClN3O3/c21-15-4-3-13(18-14(15)10-23-20(18)27)17-9-12-8-11(2-5-16(12)24-17)19(26)22-6-1-7-25/h2-5,8-9,24-25H,1,6-7,10H2,(H,22,26)(H,23,27). The van der Waals surface area contributed by atoms with Gasteiger partial charge in [0.05, 0.1) is 5.56 Å². The van der Waals surface area contributed by atoms with E-state index in [-0.39, 0.29) is 18.4 Å². The molecular formula is C20H18ClN3O3. The van der Waals surface area contributed by atoms with Gasteiger partial charge in [-0.1, -0.05) is 17.7 Å². The van der Waals surface area contributed by atoms with E-state index in [1.165, 1.54) is 0 Å². The summed E-state index contributed by atoms with van der Waals surface area (Å²) in [5, 5.41) is 15.8. The summed E-state index contributed by atoms with van der Waals surface area (Å²) < 4.78 is 0. The fourth-order valence-electron chi connectivity index (χ4n) is 3.34. The van der Waals surface area contributed by atoms with Crippen molar-refractivity contribution in [3.63, 3.8) is 0 Å². The maximum absolute atomic E-state index is 12.2. The van der Waals surface area contributed by atoms with E-state index in [0.717, 1.165) is 27.7 Å². The van der Waals surface area contributed by atoms with E-state index in [1.54, 1.807) is 18.2 Å². The second kappa shape index (κ2) is 7.06. The monoisotopic (exact) mass is 383 g/mol. The summed E-state index contributed by atoms with van der Waals surface area (Å²) in [5.74, 6) is -0.315. The Bertz CT molecular complexity index is 1060. The van der Waals surface area contributed by atoms with Crippen molar-refractivity contribution in [3.05, 3.63) is 58.1 Å². The summed E-state index contributed by atoms with van der Waals surface area (Å²) >= 11 is 6.22. The number of benzene rings is 2. The molecule has 0 saturated carbocycles.